The van der Waals surface area contributed by atoms with Crippen molar-refractivity contribution in [2.24, 2.45) is 17.8 Å². The molecule has 2 fully saturated rings. The second-order valence-corrected chi connectivity index (χ2v) is 7.16. The average Bonchev–Trinajstić information content (AvgIpc) is 2.57. The van der Waals surface area contributed by atoms with Crippen LogP contribution in [-0.4, -0.2) is 24.5 Å². The summed E-state index contributed by atoms with van der Waals surface area (Å²) in [7, 11) is 0. The number of ketones is 1. The first-order valence-electron chi connectivity index (χ1n) is 8.92. The summed E-state index contributed by atoms with van der Waals surface area (Å²) in [5, 5.41) is 2.84. The zero-order chi connectivity index (χ0) is 18.7. The molecule has 7 heteroatoms. The highest BCUT2D eigenvalue weighted by molar-refractivity contribution is 5.88. The number of benzene rings is 1. The number of carbonyl (C=O) groups excluding carboxylic acids is 2. The van der Waals surface area contributed by atoms with Crippen LogP contribution in [0.25, 0.3) is 0 Å². The molecule has 0 radical (unpaired) electrons. The largest absolute Gasteiger partial charge is 0.484 e. The van der Waals surface area contributed by atoms with E-state index in [1.807, 2.05) is 0 Å². The Morgan fingerprint density at radius 3 is 2.54 bits per heavy atom. The first kappa shape index (κ1) is 18.7. The van der Waals surface area contributed by atoms with E-state index < -0.39 is 12.8 Å². The zero-order valence-corrected chi connectivity index (χ0v) is 14.3. The van der Waals surface area contributed by atoms with Crippen LogP contribution >= 0.6 is 0 Å². The molecule has 1 aromatic rings. The summed E-state index contributed by atoms with van der Waals surface area (Å²) in [4.78, 5) is 24.5. The molecule has 2 aliphatic rings. The third-order valence-electron chi connectivity index (χ3n) is 5.19. The Hall–Kier alpha value is -2.05. The van der Waals surface area contributed by atoms with Crippen molar-refractivity contribution >= 4 is 11.7 Å². The van der Waals surface area contributed by atoms with Crippen LogP contribution in [0.5, 0.6) is 5.75 Å². The summed E-state index contributed by atoms with van der Waals surface area (Å²) in [5.74, 6) is 0.208. The maximum absolute atomic E-state index is 12.4. The van der Waals surface area contributed by atoms with Crippen molar-refractivity contribution in [2.45, 2.75) is 44.8 Å². The van der Waals surface area contributed by atoms with Gasteiger partial charge in [-0.05, 0) is 43.4 Å². The van der Waals surface area contributed by atoms with Crippen molar-refractivity contribution < 1.29 is 27.5 Å². The maximum atomic E-state index is 12.4. The Bertz CT molecular complexity index is 658. The van der Waals surface area contributed by atoms with E-state index in [0.717, 1.165) is 19.3 Å². The fraction of sp³-hybridized carbons (Fsp3) is 0.579. The van der Waals surface area contributed by atoms with Gasteiger partial charge in [0.25, 0.3) is 0 Å². The molecule has 3 rings (SSSR count). The van der Waals surface area contributed by atoms with Crippen LogP contribution in [0.4, 0.5) is 13.2 Å². The van der Waals surface area contributed by atoms with Gasteiger partial charge in [-0.1, -0.05) is 18.6 Å². The Morgan fingerprint density at radius 2 is 1.88 bits per heavy atom. The number of rotatable bonds is 5. The van der Waals surface area contributed by atoms with Gasteiger partial charge in [0.1, 0.15) is 11.5 Å². The van der Waals surface area contributed by atoms with E-state index in [1.165, 1.54) is 12.1 Å². The molecule has 1 aromatic carbocycles. The third-order valence-corrected chi connectivity index (χ3v) is 5.19. The van der Waals surface area contributed by atoms with Crippen molar-refractivity contribution in [1.82, 2.24) is 5.32 Å². The normalized spacial score (nSPS) is 25.7. The molecule has 4 nitrogen and oxygen atoms in total. The van der Waals surface area contributed by atoms with Crippen LogP contribution < -0.4 is 10.1 Å². The molecule has 3 atom stereocenters. The summed E-state index contributed by atoms with van der Waals surface area (Å²) in [5.41, 5.74) is 0.671. The van der Waals surface area contributed by atoms with E-state index in [4.69, 9.17) is 4.74 Å². The minimum Gasteiger partial charge on any atom is -0.484 e. The fourth-order valence-electron chi connectivity index (χ4n) is 3.94. The van der Waals surface area contributed by atoms with Gasteiger partial charge in [-0.2, -0.15) is 13.2 Å². The average molecular weight is 369 g/mol. The quantitative estimate of drug-likeness (QED) is 0.862. The third kappa shape index (κ3) is 4.77. The van der Waals surface area contributed by atoms with Gasteiger partial charge in [0.15, 0.2) is 6.61 Å². The number of hydrogen-bond acceptors (Lipinski definition) is 3. The molecule has 1 amide bonds. The Balaban J connectivity index is 1.52. The van der Waals surface area contributed by atoms with Gasteiger partial charge in [-0.25, -0.2) is 0 Å². The van der Waals surface area contributed by atoms with Crippen molar-refractivity contribution in [2.75, 3.05) is 6.61 Å². The molecule has 0 heterocycles. The number of carbonyl (C=O) groups is 2. The highest BCUT2D eigenvalue weighted by Crippen LogP contribution is 2.40. The minimum atomic E-state index is -4.39. The molecule has 0 saturated heterocycles. The first-order chi connectivity index (χ1) is 12.3. The summed E-state index contributed by atoms with van der Waals surface area (Å²) in [6.07, 6.45) is -0.373. The summed E-state index contributed by atoms with van der Waals surface area (Å²) in [6.45, 7) is -1.12. The summed E-state index contributed by atoms with van der Waals surface area (Å²) >= 11 is 0. The van der Waals surface area contributed by atoms with Crippen LogP contribution in [-0.2, 0) is 16.1 Å². The Morgan fingerprint density at radius 1 is 1.19 bits per heavy atom. The lowest BCUT2D eigenvalue weighted by molar-refractivity contribution is -0.153. The predicted molar refractivity (Wildman–Crippen MR) is 88.4 cm³/mol. The highest BCUT2D eigenvalue weighted by Gasteiger charge is 2.41. The molecule has 1 unspecified atom stereocenters. The van der Waals surface area contributed by atoms with Crippen molar-refractivity contribution in [1.29, 1.82) is 0 Å². The van der Waals surface area contributed by atoms with E-state index >= 15 is 0 Å². The second kappa shape index (κ2) is 7.68. The molecule has 0 aliphatic heterocycles. The molecule has 142 valence electrons. The SMILES string of the molecule is O=C(NCc1cccc(OCC(F)(F)F)c1)C1C[C@H]2CCC[C@@H](C1)C2=O. The van der Waals surface area contributed by atoms with E-state index in [-0.39, 0.29) is 36.0 Å². The molecular weight excluding hydrogens is 347 g/mol. The van der Waals surface area contributed by atoms with E-state index in [1.54, 1.807) is 12.1 Å². The lowest BCUT2D eigenvalue weighted by Crippen LogP contribution is -2.42. The van der Waals surface area contributed by atoms with E-state index in [0.29, 0.717) is 24.2 Å². The molecule has 2 aliphatic carbocycles. The summed E-state index contributed by atoms with van der Waals surface area (Å²) < 4.78 is 41.4. The monoisotopic (exact) mass is 369 g/mol. The smallest absolute Gasteiger partial charge is 0.422 e. The number of Topliss-reactive ketones (excluding diaryl/α,β-unsaturated/α-hetero) is 1. The molecule has 0 spiro atoms. The second-order valence-electron chi connectivity index (χ2n) is 7.16. The maximum Gasteiger partial charge on any atom is 0.422 e. The number of hydrogen-bond donors (Lipinski definition) is 1. The van der Waals surface area contributed by atoms with Gasteiger partial charge in [0.2, 0.25) is 5.91 Å². The highest BCUT2D eigenvalue weighted by atomic mass is 19.4. The van der Waals surface area contributed by atoms with E-state index in [2.05, 4.69) is 5.32 Å². The number of alkyl halides is 3. The van der Waals surface area contributed by atoms with Crippen molar-refractivity contribution in [3.63, 3.8) is 0 Å². The van der Waals surface area contributed by atoms with Crippen LogP contribution in [0.2, 0.25) is 0 Å². The molecule has 2 bridgehead atoms. The van der Waals surface area contributed by atoms with Gasteiger partial charge in [-0.3, -0.25) is 9.59 Å². The Kier molecular flexibility index (Phi) is 5.53. The number of amides is 1. The zero-order valence-electron chi connectivity index (χ0n) is 14.3. The standard InChI is InChI=1S/C19H22F3NO3/c20-19(21,22)11-26-16-6-1-3-12(7-16)10-23-18(25)15-8-13-4-2-5-14(9-15)17(13)24/h1,3,6-7,13-15H,2,4-5,8-11H2,(H,23,25)/t13-,14+,15?. The van der Waals surface area contributed by atoms with Crippen molar-refractivity contribution in [3.05, 3.63) is 29.8 Å². The lowest BCUT2D eigenvalue weighted by Gasteiger charge is -2.36. The van der Waals surface area contributed by atoms with Gasteiger partial charge in [0.05, 0.1) is 0 Å². The Labute approximate surface area is 150 Å². The molecular formula is C19H22F3NO3. The minimum absolute atomic E-state index is 0.0114. The number of halogens is 3. The molecule has 1 N–H and O–H groups in total. The van der Waals surface area contributed by atoms with Gasteiger partial charge in [-0.15, -0.1) is 0 Å². The van der Waals surface area contributed by atoms with Crippen molar-refractivity contribution in [3.8, 4) is 5.75 Å². The topological polar surface area (TPSA) is 55.4 Å². The van der Waals surface area contributed by atoms with Gasteiger partial charge >= 0.3 is 6.18 Å². The summed E-state index contributed by atoms with van der Waals surface area (Å²) in [6, 6.07) is 6.26. The lowest BCUT2D eigenvalue weighted by atomic mass is 9.67. The number of nitrogens with one attached hydrogen (secondary N) is 1. The van der Waals surface area contributed by atoms with Gasteiger partial charge in [0, 0.05) is 24.3 Å². The van der Waals surface area contributed by atoms with Crippen LogP contribution in [0.3, 0.4) is 0 Å². The number of fused-ring (bicyclic) bond motifs is 2. The molecule has 0 aromatic heterocycles. The van der Waals surface area contributed by atoms with Gasteiger partial charge < -0.3 is 10.1 Å². The number of ether oxygens (including phenoxy) is 1. The molecule has 26 heavy (non-hydrogen) atoms. The predicted octanol–water partition coefficient (Wildman–Crippen LogP) is 3.64. The van der Waals surface area contributed by atoms with Crippen LogP contribution in [0.15, 0.2) is 24.3 Å². The fourth-order valence-corrected chi connectivity index (χ4v) is 3.94. The van der Waals surface area contributed by atoms with Crippen LogP contribution in [0.1, 0.15) is 37.7 Å². The van der Waals surface area contributed by atoms with Crippen LogP contribution in [0, 0.1) is 17.8 Å². The molecule has 2 saturated carbocycles. The first-order valence-corrected chi connectivity index (χ1v) is 8.92. The van der Waals surface area contributed by atoms with E-state index in [9.17, 15) is 22.8 Å².